The lowest BCUT2D eigenvalue weighted by atomic mass is 10.0. The van der Waals surface area contributed by atoms with Gasteiger partial charge in [-0.05, 0) is 55.1 Å². The molecule has 0 N–H and O–H groups in total. The summed E-state index contributed by atoms with van der Waals surface area (Å²) in [6.45, 7) is 2.25. The summed E-state index contributed by atoms with van der Waals surface area (Å²) >= 11 is 0. The summed E-state index contributed by atoms with van der Waals surface area (Å²) in [6.07, 6.45) is 4.48. The molecule has 1 aromatic rings. The van der Waals surface area contributed by atoms with Crippen LogP contribution in [-0.2, 0) is 0 Å². The summed E-state index contributed by atoms with van der Waals surface area (Å²) in [4.78, 5) is 0. The quantitative estimate of drug-likeness (QED) is 0.640. The fourth-order valence-corrected chi connectivity index (χ4v) is 2.62. The predicted octanol–water partition coefficient (Wildman–Crippen LogP) is 3.51. The smallest absolute Gasteiger partial charge is 0.0125 e. The van der Waals surface area contributed by atoms with Gasteiger partial charge in [0.05, 0.1) is 0 Å². The van der Waals surface area contributed by atoms with E-state index in [4.69, 9.17) is 0 Å². The Labute approximate surface area is 80.0 Å². The second-order valence-corrected chi connectivity index (χ2v) is 4.70. The molecular weight excluding hydrogens is 156 g/mol. The van der Waals surface area contributed by atoms with Crippen LogP contribution in [0, 0.1) is 18.8 Å². The third-order valence-corrected chi connectivity index (χ3v) is 3.66. The van der Waals surface area contributed by atoms with Gasteiger partial charge in [-0.1, -0.05) is 24.3 Å². The molecular formula is C13H16. The van der Waals surface area contributed by atoms with Gasteiger partial charge in [0.1, 0.15) is 0 Å². The van der Waals surface area contributed by atoms with Crippen LogP contribution in [0.3, 0.4) is 0 Å². The lowest BCUT2D eigenvalue weighted by Crippen LogP contribution is -1.88. The Kier molecular flexibility index (Phi) is 1.52. The molecule has 0 saturated heterocycles. The maximum absolute atomic E-state index is 2.32. The zero-order chi connectivity index (χ0) is 8.84. The molecule has 1 aromatic carbocycles. The van der Waals surface area contributed by atoms with Crippen molar-refractivity contribution in [3.63, 3.8) is 0 Å². The van der Waals surface area contributed by atoms with E-state index in [0.717, 1.165) is 17.8 Å². The van der Waals surface area contributed by atoms with Crippen LogP contribution in [0.25, 0.3) is 0 Å². The summed E-state index contributed by atoms with van der Waals surface area (Å²) in [5.74, 6) is 3.08. The van der Waals surface area contributed by atoms with Gasteiger partial charge in [-0.3, -0.25) is 0 Å². The van der Waals surface area contributed by atoms with E-state index in [1.807, 2.05) is 0 Å². The molecule has 2 atom stereocenters. The third kappa shape index (κ3) is 1.29. The normalized spacial score (nSPS) is 31.8. The zero-order valence-corrected chi connectivity index (χ0v) is 8.16. The van der Waals surface area contributed by atoms with Gasteiger partial charge in [0.25, 0.3) is 0 Å². The molecule has 0 heteroatoms. The Morgan fingerprint density at radius 3 is 2.62 bits per heavy atom. The molecule has 13 heavy (non-hydrogen) atoms. The highest BCUT2D eigenvalue weighted by atomic mass is 14.5. The van der Waals surface area contributed by atoms with Crippen LogP contribution in [0.2, 0.25) is 0 Å². The standard InChI is InChI=1S/C13H16/c1-9-4-2-3-5-11(9)13-8-12(13)10-6-7-10/h2-5,10,12-13H,6-8H2,1H3/t12-,13+/m1/s1. The molecule has 2 aliphatic rings. The monoisotopic (exact) mass is 172 g/mol. The van der Waals surface area contributed by atoms with Crippen LogP contribution < -0.4 is 0 Å². The van der Waals surface area contributed by atoms with Crippen LogP contribution in [0.1, 0.15) is 36.3 Å². The second kappa shape index (κ2) is 2.60. The van der Waals surface area contributed by atoms with Crippen LogP contribution in [0.5, 0.6) is 0 Å². The fraction of sp³-hybridized carbons (Fsp3) is 0.538. The van der Waals surface area contributed by atoms with Crippen LogP contribution in [0.15, 0.2) is 24.3 Å². The third-order valence-electron chi connectivity index (χ3n) is 3.66. The Hall–Kier alpha value is -0.780. The van der Waals surface area contributed by atoms with Crippen molar-refractivity contribution in [1.82, 2.24) is 0 Å². The average Bonchev–Trinajstić information content (AvgIpc) is 3.00. The molecule has 2 aliphatic carbocycles. The number of hydrogen-bond donors (Lipinski definition) is 0. The van der Waals surface area contributed by atoms with Gasteiger partial charge in [-0.25, -0.2) is 0 Å². The molecule has 0 aliphatic heterocycles. The summed E-state index contributed by atoms with van der Waals surface area (Å²) in [7, 11) is 0. The first-order valence-electron chi connectivity index (χ1n) is 5.42. The van der Waals surface area contributed by atoms with Crippen molar-refractivity contribution in [3.05, 3.63) is 35.4 Å². The fourth-order valence-electron chi connectivity index (χ4n) is 2.62. The number of rotatable bonds is 2. The average molecular weight is 172 g/mol. The van der Waals surface area contributed by atoms with Crippen molar-refractivity contribution < 1.29 is 0 Å². The van der Waals surface area contributed by atoms with Crippen molar-refractivity contribution in [3.8, 4) is 0 Å². The highest BCUT2D eigenvalue weighted by Crippen LogP contribution is 2.59. The van der Waals surface area contributed by atoms with Gasteiger partial charge in [0.15, 0.2) is 0 Å². The first-order chi connectivity index (χ1) is 6.36. The SMILES string of the molecule is Cc1ccccc1[C@@H]1C[C@@H]1C1CC1. The number of benzene rings is 1. The molecule has 0 amide bonds. The van der Waals surface area contributed by atoms with Crippen molar-refractivity contribution in [1.29, 1.82) is 0 Å². The molecule has 2 saturated carbocycles. The Morgan fingerprint density at radius 2 is 1.92 bits per heavy atom. The van der Waals surface area contributed by atoms with Crippen molar-refractivity contribution in [2.75, 3.05) is 0 Å². The molecule has 0 radical (unpaired) electrons. The lowest BCUT2D eigenvalue weighted by molar-refractivity contribution is 0.689. The highest BCUT2D eigenvalue weighted by molar-refractivity contribution is 5.34. The molecule has 2 fully saturated rings. The minimum absolute atomic E-state index is 0.925. The van der Waals surface area contributed by atoms with Gasteiger partial charge >= 0.3 is 0 Å². The first-order valence-corrected chi connectivity index (χ1v) is 5.42. The Bertz CT molecular complexity index is 323. The van der Waals surface area contributed by atoms with Gasteiger partial charge < -0.3 is 0 Å². The summed E-state index contributed by atoms with van der Waals surface area (Å²) in [5, 5.41) is 0. The molecule has 0 aromatic heterocycles. The molecule has 68 valence electrons. The van der Waals surface area contributed by atoms with E-state index in [1.165, 1.54) is 24.8 Å². The van der Waals surface area contributed by atoms with Crippen LogP contribution >= 0.6 is 0 Å². The van der Waals surface area contributed by atoms with Crippen molar-refractivity contribution >= 4 is 0 Å². The van der Waals surface area contributed by atoms with Gasteiger partial charge in [0.2, 0.25) is 0 Å². The maximum atomic E-state index is 2.32. The largest absolute Gasteiger partial charge is 0.0620 e. The van der Waals surface area contributed by atoms with Crippen molar-refractivity contribution in [2.24, 2.45) is 11.8 Å². The zero-order valence-electron chi connectivity index (χ0n) is 8.16. The Balaban J connectivity index is 1.82. The van der Waals surface area contributed by atoms with E-state index in [-0.39, 0.29) is 0 Å². The number of aryl methyl sites for hydroxylation is 1. The molecule has 0 nitrogen and oxygen atoms in total. The maximum Gasteiger partial charge on any atom is -0.0125 e. The van der Waals surface area contributed by atoms with Crippen LogP contribution in [0.4, 0.5) is 0 Å². The van der Waals surface area contributed by atoms with E-state index in [9.17, 15) is 0 Å². The predicted molar refractivity (Wildman–Crippen MR) is 54.8 cm³/mol. The topological polar surface area (TPSA) is 0 Å². The first kappa shape index (κ1) is 7.61. The molecule has 0 unspecified atom stereocenters. The summed E-state index contributed by atoms with van der Waals surface area (Å²) in [5.41, 5.74) is 3.12. The second-order valence-electron chi connectivity index (χ2n) is 4.70. The molecule has 0 bridgehead atoms. The number of hydrogen-bond acceptors (Lipinski definition) is 0. The highest BCUT2D eigenvalue weighted by Gasteiger charge is 2.48. The van der Waals surface area contributed by atoms with E-state index in [2.05, 4.69) is 31.2 Å². The van der Waals surface area contributed by atoms with Crippen LogP contribution in [-0.4, -0.2) is 0 Å². The minimum Gasteiger partial charge on any atom is -0.0620 e. The molecule has 0 heterocycles. The molecule has 3 rings (SSSR count). The lowest BCUT2D eigenvalue weighted by Gasteiger charge is -2.03. The summed E-state index contributed by atoms with van der Waals surface area (Å²) < 4.78 is 0. The van der Waals surface area contributed by atoms with E-state index in [1.54, 1.807) is 5.56 Å². The van der Waals surface area contributed by atoms with Gasteiger partial charge in [-0.2, -0.15) is 0 Å². The molecule has 0 spiro atoms. The van der Waals surface area contributed by atoms with E-state index < -0.39 is 0 Å². The van der Waals surface area contributed by atoms with Crippen molar-refractivity contribution in [2.45, 2.75) is 32.1 Å². The van der Waals surface area contributed by atoms with Gasteiger partial charge in [-0.15, -0.1) is 0 Å². The van der Waals surface area contributed by atoms with E-state index in [0.29, 0.717) is 0 Å². The summed E-state index contributed by atoms with van der Waals surface area (Å²) in [6, 6.07) is 8.90. The van der Waals surface area contributed by atoms with E-state index >= 15 is 0 Å². The Morgan fingerprint density at radius 1 is 1.15 bits per heavy atom. The van der Waals surface area contributed by atoms with Gasteiger partial charge in [0, 0.05) is 0 Å². The minimum atomic E-state index is 0.925.